The Kier molecular flexibility index (Phi) is 4.43. The van der Waals surface area contributed by atoms with Crippen LogP contribution in [0.4, 0.5) is 0 Å². The predicted octanol–water partition coefficient (Wildman–Crippen LogP) is 4.42. The molecule has 31 heavy (non-hydrogen) atoms. The van der Waals surface area contributed by atoms with E-state index in [4.69, 9.17) is 9.15 Å². The number of rotatable bonds is 4. The fraction of sp³-hybridized carbons (Fsp3) is 0.348. The molecule has 2 fully saturated rings. The average molecular weight is 435 g/mol. The number of pyridine rings is 1. The standard InChI is InChI=1S/C23H22N4O3S/c1-14(28)26-11-16-5-6-17(12-26)27(16)13-19-9-15-4-7-18(10-21(15)29-19)30-23-25-20-3-2-8-24-22(20)31-23/h2-4,7-10,16-17H,5-6,11-13H2,1H3. The lowest BCUT2D eigenvalue weighted by Gasteiger charge is -2.40. The number of amides is 1. The molecule has 2 aliphatic rings. The van der Waals surface area contributed by atoms with Crippen molar-refractivity contribution in [2.45, 2.75) is 38.4 Å². The Morgan fingerprint density at radius 1 is 1.23 bits per heavy atom. The van der Waals surface area contributed by atoms with Crippen molar-refractivity contribution < 1.29 is 13.9 Å². The monoisotopic (exact) mass is 434 g/mol. The Bertz CT molecular complexity index is 1240. The van der Waals surface area contributed by atoms with Crippen LogP contribution >= 0.6 is 11.3 Å². The molecule has 0 spiro atoms. The third-order valence-electron chi connectivity index (χ3n) is 6.31. The van der Waals surface area contributed by atoms with E-state index in [-0.39, 0.29) is 5.91 Å². The van der Waals surface area contributed by atoms with Crippen LogP contribution in [0.3, 0.4) is 0 Å². The summed E-state index contributed by atoms with van der Waals surface area (Å²) in [5.74, 6) is 1.82. The van der Waals surface area contributed by atoms with Crippen LogP contribution in [0.1, 0.15) is 25.5 Å². The van der Waals surface area contributed by atoms with Gasteiger partial charge in [0.25, 0.3) is 5.19 Å². The summed E-state index contributed by atoms with van der Waals surface area (Å²) in [6.45, 7) is 4.08. The molecule has 4 aromatic rings. The summed E-state index contributed by atoms with van der Waals surface area (Å²) in [7, 11) is 0. The Morgan fingerprint density at radius 3 is 2.84 bits per heavy atom. The van der Waals surface area contributed by atoms with Crippen LogP contribution in [-0.2, 0) is 11.3 Å². The Balaban J connectivity index is 1.20. The van der Waals surface area contributed by atoms with Gasteiger partial charge in [0, 0.05) is 49.7 Å². The van der Waals surface area contributed by atoms with E-state index < -0.39 is 0 Å². The van der Waals surface area contributed by atoms with Crippen LogP contribution in [0.5, 0.6) is 10.9 Å². The number of fused-ring (bicyclic) bond motifs is 4. The van der Waals surface area contributed by atoms with Crippen LogP contribution in [0.25, 0.3) is 21.3 Å². The largest absolute Gasteiger partial charge is 0.460 e. The van der Waals surface area contributed by atoms with Gasteiger partial charge in [0.05, 0.1) is 6.54 Å². The fourth-order valence-electron chi connectivity index (χ4n) is 4.79. The minimum Gasteiger partial charge on any atom is -0.460 e. The Labute approximate surface area is 183 Å². The molecular weight excluding hydrogens is 412 g/mol. The maximum Gasteiger partial charge on any atom is 0.281 e. The van der Waals surface area contributed by atoms with E-state index in [1.165, 1.54) is 11.3 Å². The summed E-state index contributed by atoms with van der Waals surface area (Å²) >= 11 is 1.43. The number of ether oxygens (including phenoxy) is 1. The van der Waals surface area contributed by atoms with E-state index >= 15 is 0 Å². The quantitative estimate of drug-likeness (QED) is 0.473. The minimum absolute atomic E-state index is 0.178. The molecular formula is C23H22N4O3S. The van der Waals surface area contributed by atoms with Gasteiger partial charge in [-0.15, -0.1) is 0 Å². The molecule has 7 nitrogen and oxygen atoms in total. The van der Waals surface area contributed by atoms with Crippen LogP contribution in [0.15, 0.2) is 47.0 Å². The molecule has 2 unspecified atom stereocenters. The molecule has 0 aliphatic carbocycles. The fourth-order valence-corrected chi connectivity index (χ4v) is 5.57. The van der Waals surface area contributed by atoms with Crippen LogP contribution < -0.4 is 4.74 Å². The number of aromatic nitrogens is 2. The molecule has 2 atom stereocenters. The van der Waals surface area contributed by atoms with Crippen molar-refractivity contribution in [3.63, 3.8) is 0 Å². The number of carbonyl (C=O) groups excluding carboxylic acids is 1. The van der Waals surface area contributed by atoms with Crippen molar-refractivity contribution in [1.82, 2.24) is 19.8 Å². The van der Waals surface area contributed by atoms with Crippen LogP contribution in [-0.4, -0.2) is 50.8 Å². The van der Waals surface area contributed by atoms with E-state index in [0.29, 0.717) is 23.0 Å². The molecule has 1 amide bonds. The minimum atomic E-state index is 0.178. The van der Waals surface area contributed by atoms with Crippen molar-refractivity contribution in [2.24, 2.45) is 0 Å². The molecule has 0 N–H and O–H groups in total. The highest BCUT2D eigenvalue weighted by Crippen LogP contribution is 2.35. The number of furan rings is 1. The maximum absolute atomic E-state index is 11.8. The summed E-state index contributed by atoms with van der Waals surface area (Å²) < 4.78 is 12.1. The van der Waals surface area contributed by atoms with Gasteiger partial charge in [-0.05, 0) is 43.2 Å². The summed E-state index contributed by atoms with van der Waals surface area (Å²) in [6.07, 6.45) is 4.04. The van der Waals surface area contributed by atoms with Crippen molar-refractivity contribution in [3.8, 4) is 10.9 Å². The second-order valence-corrected chi connectivity index (χ2v) is 9.24. The zero-order chi connectivity index (χ0) is 20.9. The van der Waals surface area contributed by atoms with Crippen molar-refractivity contribution in [2.75, 3.05) is 13.1 Å². The second kappa shape index (κ2) is 7.32. The van der Waals surface area contributed by atoms with E-state index in [9.17, 15) is 4.79 Å². The predicted molar refractivity (Wildman–Crippen MR) is 118 cm³/mol. The number of nitrogens with zero attached hydrogens (tertiary/aromatic N) is 4. The first-order valence-corrected chi connectivity index (χ1v) is 11.4. The Morgan fingerprint density at radius 2 is 2.06 bits per heavy atom. The van der Waals surface area contributed by atoms with E-state index in [1.54, 1.807) is 13.1 Å². The zero-order valence-corrected chi connectivity index (χ0v) is 18.0. The van der Waals surface area contributed by atoms with Crippen molar-refractivity contribution in [3.05, 3.63) is 48.4 Å². The van der Waals surface area contributed by atoms with Crippen LogP contribution in [0, 0.1) is 0 Å². The third kappa shape index (κ3) is 3.45. The molecule has 0 radical (unpaired) electrons. The molecule has 158 valence electrons. The molecule has 6 rings (SSSR count). The number of likely N-dealkylation sites (tertiary alicyclic amines) is 1. The van der Waals surface area contributed by atoms with E-state index in [1.807, 2.05) is 35.2 Å². The third-order valence-corrected chi connectivity index (χ3v) is 7.17. The first-order chi connectivity index (χ1) is 15.1. The normalized spacial score (nSPS) is 21.3. The average Bonchev–Trinajstić information content (AvgIpc) is 3.40. The summed E-state index contributed by atoms with van der Waals surface area (Å²) in [4.78, 5) is 25.9. The van der Waals surface area contributed by atoms with Crippen molar-refractivity contribution in [1.29, 1.82) is 0 Å². The molecule has 2 saturated heterocycles. The van der Waals surface area contributed by atoms with Gasteiger partial charge in [0.15, 0.2) is 0 Å². The van der Waals surface area contributed by atoms with Gasteiger partial charge in [-0.2, -0.15) is 0 Å². The number of piperazine rings is 1. The van der Waals surface area contributed by atoms with Gasteiger partial charge in [-0.25, -0.2) is 9.97 Å². The van der Waals surface area contributed by atoms with E-state index in [2.05, 4.69) is 20.9 Å². The lowest BCUT2D eigenvalue weighted by Crippen LogP contribution is -2.54. The van der Waals surface area contributed by atoms with Gasteiger partial charge in [-0.1, -0.05) is 11.3 Å². The van der Waals surface area contributed by atoms with Crippen molar-refractivity contribution >= 4 is 38.6 Å². The molecule has 5 heterocycles. The molecule has 1 aromatic carbocycles. The number of carbonyl (C=O) groups is 1. The molecule has 2 bridgehead atoms. The SMILES string of the molecule is CC(=O)N1CC2CCC(C1)N2Cc1cc2ccc(Oc3nc4cccnc4s3)cc2o1. The molecule has 3 aromatic heterocycles. The van der Waals surface area contributed by atoms with Gasteiger partial charge in [0.2, 0.25) is 5.91 Å². The van der Waals surface area contributed by atoms with Crippen LogP contribution in [0.2, 0.25) is 0 Å². The van der Waals surface area contributed by atoms with Gasteiger partial charge >= 0.3 is 0 Å². The molecule has 2 aliphatic heterocycles. The van der Waals surface area contributed by atoms with E-state index in [0.717, 1.165) is 59.6 Å². The summed E-state index contributed by atoms with van der Waals surface area (Å²) in [6, 6.07) is 12.6. The number of hydrogen-bond donors (Lipinski definition) is 0. The number of hydrogen-bond acceptors (Lipinski definition) is 7. The van der Waals surface area contributed by atoms with Gasteiger partial charge in [0.1, 0.15) is 27.4 Å². The highest BCUT2D eigenvalue weighted by Gasteiger charge is 2.40. The first kappa shape index (κ1) is 18.8. The second-order valence-electron chi connectivity index (χ2n) is 8.30. The summed E-state index contributed by atoms with van der Waals surface area (Å²) in [5, 5.41) is 1.63. The van der Waals surface area contributed by atoms with Gasteiger partial charge < -0.3 is 14.1 Å². The number of benzene rings is 1. The maximum atomic E-state index is 11.8. The summed E-state index contributed by atoms with van der Waals surface area (Å²) in [5.41, 5.74) is 1.64. The lowest BCUT2D eigenvalue weighted by molar-refractivity contribution is -0.132. The first-order valence-electron chi connectivity index (χ1n) is 10.6. The topological polar surface area (TPSA) is 71.7 Å². The highest BCUT2D eigenvalue weighted by molar-refractivity contribution is 7.19. The molecule has 0 saturated carbocycles. The smallest absolute Gasteiger partial charge is 0.281 e. The highest BCUT2D eigenvalue weighted by atomic mass is 32.1. The Hall–Kier alpha value is -2.97. The van der Waals surface area contributed by atoms with Gasteiger partial charge in [-0.3, -0.25) is 9.69 Å². The molecule has 8 heteroatoms. The lowest BCUT2D eigenvalue weighted by atomic mass is 10.1. The number of thiazole rings is 1. The zero-order valence-electron chi connectivity index (χ0n) is 17.2.